The first-order chi connectivity index (χ1) is 15.9. The van der Waals surface area contributed by atoms with Gasteiger partial charge in [0, 0.05) is 48.3 Å². The van der Waals surface area contributed by atoms with Crippen LogP contribution in [0.15, 0.2) is 58.6 Å². The van der Waals surface area contributed by atoms with E-state index in [2.05, 4.69) is 20.8 Å². The summed E-state index contributed by atoms with van der Waals surface area (Å²) in [5, 5.41) is 22.4. The minimum Gasteiger partial charge on any atom is -0.507 e. The molecule has 2 saturated heterocycles. The molecule has 1 atom stereocenters. The van der Waals surface area contributed by atoms with E-state index < -0.39 is 22.7 Å². The monoisotopic (exact) mass is 515 g/mol. The molecule has 1 N–H and O–H groups in total. The summed E-state index contributed by atoms with van der Waals surface area (Å²) in [6, 6.07) is 11.6. The van der Waals surface area contributed by atoms with Gasteiger partial charge in [0.1, 0.15) is 5.76 Å². The fourth-order valence-corrected chi connectivity index (χ4v) is 4.37. The van der Waals surface area contributed by atoms with Crippen LogP contribution in [0.2, 0.25) is 0 Å². The Bertz CT molecular complexity index is 1110. The number of aliphatic hydroxyl groups excluding tert-OH is 1. The topological polar surface area (TPSA) is 113 Å². The van der Waals surface area contributed by atoms with Crippen LogP contribution in [0.3, 0.4) is 0 Å². The van der Waals surface area contributed by atoms with E-state index in [1.54, 1.807) is 30.3 Å². The van der Waals surface area contributed by atoms with Crippen LogP contribution < -0.4 is 0 Å². The van der Waals surface area contributed by atoms with E-state index in [-0.39, 0.29) is 23.6 Å². The molecule has 0 radical (unpaired) electrons. The fraction of sp³-hybridized carbons (Fsp3) is 0.304. The summed E-state index contributed by atoms with van der Waals surface area (Å²) >= 11 is 3.33. The molecule has 2 fully saturated rings. The maximum absolute atomic E-state index is 13.1. The summed E-state index contributed by atoms with van der Waals surface area (Å²) in [4.78, 5) is 40.4. The Morgan fingerprint density at radius 1 is 1.12 bits per heavy atom. The third-order valence-corrected chi connectivity index (χ3v) is 6.34. The molecule has 2 aliphatic heterocycles. The van der Waals surface area contributed by atoms with Crippen molar-refractivity contribution in [3.8, 4) is 0 Å². The number of non-ortho nitro benzene ring substituents is 1. The highest BCUT2D eigenvalue weighted by molar-refractivity contribution is 9.10. The Morgan fingerprint density at radius 2 is 1.82 bits per heavy atom. The zero-order valence-electron chi connectivity index (χ0n) is 17.6. The number of carbonyl (C=O) groups is 2. The molecule has 9 nitrogen and oxygen atoms in total. The maximum Gasteiger partial charge on any atom is 0.295 e. The molecule has 172 valence electrons. The predicted octanol–water partition coefficient (Wildman–Crippen LogP) is 3.11. The van der Waals surface area contributed by atoms with E-state index in [1.165, 1.54) is 23.1 Å². The highest BCUT2D eigenvalue weighted by atomic mass is 79.9. The number of ketones is 1. The highest BCUT2D eigenvalue weighted by Gasteiger charge is 2.46. The third kappa shape index (κ3) is 4.82. The molecule has 2 heterocycles. The van der Waals surface area contributed by atoms with Gasteiger partial charge in [-0.15, -0.1) is 0 Å². The number of nitro groups is 1. The Kier molecular flexibility index (Phi) is 6.87. The molecule has 1 amide bonds. The Balaban J connectivity index is 1.77. The number of nitrogens with zero attached hydrogens (tertiary/aromatic N) is 3. The lowest BCUT2D eigenvalue weighted by atomic mass is 9.95. The first-order valence-corrected chi connectivity index (χ1v) is 11.2. The number of nitro benzene ring substituents is 1. The highest BCUT2D eigenvalue weighted by Crippen LogP contribution is 2.40. The molecule has 0 aromatic heterocycles. The number of benzene rings is 2. The largest absolute Gasteiger partial charge is 0.507 e. The number of halogens is 1. The summed E-state index contributed by atoms with van der Waals surface area (Å²) in [5.41, 5.74) is 0.531. The Hall–Kier alpha value is -3.08. The van der Waals surface area contributed by atoms with Gasteiger partial charge in [-0.05, 0) is 17.7 Å². The number of hydrogen-bond acceptors (Lipinski definition) is 7. The van der Waals surface area contributed by atoms with Gasteiger partial charge in [0.2, 0.25) is 0 Å². The smallest absolute Gasteiger partial charge is 0.295 e. The molecule has 2 aliphatic rings. The number of morpholine rings is 1. The normalized spacial score (nSPS) is 20.9. The van der Waals surface area contributed by atoms with E-state index in [0.717, 1.165) is 4.47 Å². The quantitative estimate of drug-likeness (QED) is 0.206. The zero-order valence-corrected chi connectivity index (χ0v) is 19.2. The van der Waals surface area contributed by atoms with Crippen molar-refractivity contribution in [1.82, 2.24) is 9.80 Å². The summed E-state index contributed by atoms with van der Waals surface area (Å²) in [6.45, 7) is 3.36. The van der Waals surface area contributed by atoms with Crippen molar-refractivity contribution in [3.05, 3.63) is 79.8 Å². The number of rotatable bonds is 6. The van der Waals surface area contributed by atoms with Crippen LogP contribution in [0, 0.1) is 10.1 Å². The maximum atomic E-state index is 13.1. The van der Waals surface area contributed by atoms with Gasteiger partial charge in [-0.2, -0.15) is 0 Å². The summed E-state index contributed by atoms with van der Waals surface area (Å²) < 4.78 is 6.15. The van der Waals surface area contributed by atoms with Crippen molar-refractivity contribution in [2.45, 2.75) is 6.04 Å². The molecule has 4 rings (SSSR count). The van der Waals surface area contributed by atoms with Crippen molar-refractivity contribution in [3.63, 3.8) is 0 Å². The molecule has 0 saturated carbocycles. The molecule has 33 heavy (non-hydrogen) atoms. The standard InChI is InChI=1S/C23H22BrN3O6/c24-17-6-4-15(5-7-17)21(28)19-20(16-2-1-3-18(14-16)27(31)32)26(23(30)22(19)29)9-8-25-10-12-33-13-11-25/h1-7,14,20,28H,8-13H2/b21-19-. The molecular formula is C23H22BrN3O6. The van der Waals surface area contributed by atoms with Gasteiger partial charge in [-0.25, -0.2) is 0 Å². The lowest BCUT2D eigenvalue weighted by Crippen LogP contribution is -2.42. The molecule has 0 spiro atoms. The number of aliphatic hydroxyl groups is 1. The second-order valence-corrected chi connectivity index (χ2v) is 8.72. The second-order valence-electron chi connectivity index (χ2n) is 7.81. The number of Topliss-reactive ketones (excluding diaryl/α,β-unsaturated/α-hetero) is 1. The van der Waals surface area contributed by atoms with E-state index in [0.29, 0.717) is 44.0 Å². The average Bonchev–Trinajstić information content (AvgIpc) is 3.08. The number of likely N-dealkylation sites (tertiary alicyclic amines) is 1. The van der Waals surface area contributed by atoms with Gasteiger partial charge in [-0.1, -0.05) is 40.2 Å². The first kappa shape index (κ1) is 23.1. The fourth-order valence-electron chi connectivity index (χ4n) is 4.10. The molecular weight excluding hydrogens is 494 g/mol. The summed E-state index contributed by atoms with van der Waals surface area (Å²) in [5.74, 6) is -1.86. The lowest BCUT2D eigenvalue weighted by molar-refractivity contribution is -0.384. The molecule has 0 bridgehead atoms. The van der Waals surface area contributed by atoms with Crippen molar-refractivity contribution in [2.75, 3.05) is 39.4 Å². The molecule has 0 aliphatic carbocycles. The summed E-state index contributed by atoms with van der Waals surface area (Å²) in [6.07, 6.45) is 0. The minimum atomic E-state index is -0.936. The van der Waals surface area contributed by atoms with E-state index >= 15 is 0 Å². The van der Waals surface area contributed by atoms with E-state index in [9.17, 15) is 24.8 Å². The number of carbonyl (C=O) groups excluding carboxylic acids is 2. The Labute approximate surface area is 198 Å². The number of hydrogen-bond donors (Lipinski definition) is 1. The van der Waals surface area contributed by atoms with Crippen LogP contribution in [0.5, 0.6) is 0 Å². The minimum absolute atomic E-state index is 0.0789. The van der Waals surface area contributed by atoms with Gasteiger partial charge in [-0.3, -0.25) is 24.6 Å². The second kappa shape index (κ2) is 9.82. The lowest BCUT2D eigenvalue weighted by Gasteiger charge is -2.31. The van der Waals surface area contributed by atoms with Crippen LogP contribution in [0.1, 0.15) is 17.2 Å². The Morgan fingerprint density at radius 3 is 2.48 bits per heavy atom. The van der Waals surface area contributed by atoms with Crippen molar-refractivity contribution in [1.29, 1.82) is 0 Å². The summed E-state index contributed by atoms with van der Waals surface area (Å²) in [7, 11) is 0. The average molecular weight is 516 g/mol. The van der Waals surface area contributed by atoms with Crippen LogP contribution in [0.4, 0.5) is 5.69 Å². The molecule has 1 unspecified atom stereocenters. The predicted molar refractivity (Wildman–Crippen MR) is 124 cm³/mol. The van der Waals surface area contributed by atoms with Crippen molar-refractivity contribution < 1.29 is 24.4 Å². The number of ether oxygens (including phenoxy) is 1. The molecule has 10 heteroatoms. The van der Waals surface area contributed by atoms with Crippen molar-refractivity contribution >= 4 is 39.1 Å². The van der Waals surface area contributed by atoms with Gasteiger partial charge in [0.25, 0.3) is 17.4 Å². The molecule has 2 aromatic carbocycles. The zero-order chi connectivity index (χ0) is 23.5. The van der Waals surface area contributed by atoms with Gasteiger partial charge >= 0.3 is 0 Å². The van der Waals surface area contributed by atoms with Crippen molar-refractivity contribution in [2.24, 2.45) is 0 Å². The SMILES string of the molecule is O=C1C(=O)N(CCN2CCOCC2)C(c2cccc([N+](=O)[O-])c2)/C1=C(/O)c1ccc(Br)cc1. The third-order valence-electron chi connectivity index (χ3n) is 5.82. The van der Waals surface area contributed by atoms with Crippen LogP contribution >= 0.6 is 15.9 Å². The van der Waals surface area contributed by atoms with Gasteiger partial charge in [0.15, 0.2) is 0 Å². The molecule has 2 aromatic rings. The van der Waals surface area contributed by atoms with E-state index in [4.69, 9.17) is 4.74 Å². The van der Waals surface area contributed by atoms with Gasteiger partial charge in [0.05, 0.1) is 29.8 Å². The van der Waals surface area contributed by atoms with Crippen LogP contribution in [-0.4, -0.2) is 70.9 Å². The van der Waals surface area contributed by atoms with Crippen LogP contribution in [0.25, 0.3) is 5.76 Å². The van der Waals surface area contributed by atoms with E-state index in [1.807, 2.05) is 0 Å². The number of amides is 1. The first-order valence-electron chi connectivity index (χ1n) is 10.5. The van der Waals surface area contributed by atoms with Crippen LogP contribution in [-0.2, 0) is 14.3 Å². The van der Waals surface area contributed by atoms with Gasteiger partial charge < -0.3 is 14.7 Å².